The molecular weight excluding hydrogens is 348 g/mol. The fraction of sp³-hybridized carbons (Fsp3) is 0.316. The lowest BCUT2D eigenvalue weighted by molar-refractivity contribution is 0.466. The van der Waals surface area contributed by atoms with Crippen LogP contribution in [0.1, 0.15) is 13.3 Å². The van der Waals surface area contributed by atoms with Gasteiger partial charge in [-0.05, 0) is 42.8 Å². The van der Waals surface area contributed by atoms with Crippen molar-refractivity contribution in [2.45, 2.75) is 29.3 Å². The topological polar surface area (TPSA) is 78.1 Å². The number of H-pyrrole nitrogens is 1. The van der Waals surface area contributed by atoms with Gasteiger partial charge in [0, 0.05) is 36.7 Å². The number of rotatable bonds is 4. The second kappa shape index (κ2) is 6.74. The van der Waals surface area contributed by atoms with E-state index in [0.717, 1.165) is 31.7 Å². The van der Waals surface area contributed by atoms with E-state index in [-0.39, 0.29) is 9.92 Å². The molecule has 1 fully saturated rings. The van der Waals surface area contributed by atoms with Crippen LogP contribution < -0.4 is 10.2 Å². The van der Waals surface area contributed by atoms with E-state index in [1.807, 2.05) is 30.3 Å². The van der Waals surface area contributed by atoms with E-state index in [1.165, 1.54) is 0 Å². The molecule has 2 N–H and O–H groups in total. The van der Waals surface area contributed by atoms with Crippen LogP contribution in [0.3, 0.4) is 0 Å². The maximum Gasteiger partial charge on any atom is 0.226 e. The largest absolute Gasteiger partial charge is 0.366 e. The van der Waals surface area contributed by atoms with Crippen molar-refractivity contribution >= 4 is 26.4 Å². The van der Waals surface area contributed by atoms with Crippen molar-refractivity contribution in [3.63, 3.8) is 0 Å². The van der Waals surface area contributed by atoms with Gasteiger partial charge in [0.1, 0.15) is 0 Å². The molecule has 1 saturated heterocycles. The molecule has 1 aromatic heterocycles. The minimum atomic E-state index is -3.66. The summed E-state index contributed by atoms with van der Waals surface area (Å²) in [7, 11) is -3.66. The predicted molar refractivity (Wildman–Crippen MR) is 102 cm³/mol. The number of para-hydroxylation sites is 1. The zero-order valence-corrected chi connectivity index (χ0v) is 15.5. The Hall–Kier alpha value is -2.38. The highest BCUT2D eigenvalue weighted by atomic mass is 32.2. The minimum absolute atomic E-state index is 0.0782. The van der Waals surface area contributed by atoms with E-state index in [9.17, 15) is 8.42 Å². The zero-order chi connectivity index (χ0) is 18.1. The molecule has 1 aliphatic heterocycles. The fourth-order valence-electron chi connectivity index (χ4n) is 3.54. The van der Waals surface area contributed by atoms with Crippen LogP contribution in [0.4, 0.5) is 5.69 Å². The van der Waals surface area contributed by atoms with Crippen LogP contribution in [-0.2, 0) is 9.84 Å². The van der Waals surface area contributed by atoms with Crippen molar-refractivity contribution in [2.24, 2.45) is 0 Å². The molecule has 0 amide bonds. The van der Waals surface area contributed by atoms with Gasteiger partial charge < -0.3 is 10.2 Å². The summed E-state index contributed by atoms with van der Waals surface area (Å²) < 4.78 is 26.0. The van der Waals surface area contributed by atoms with Gasteiger partial charge in [-0.2, -0.15) is 5.10 Å². The standard InChI is InChI=1S/C19H22N4O2S/c1-2-14-13-20-11-12-23(14)15-7-9-16(10-8-15)26(24,25)19-17-5-3-4-6-18(17)21-22-19/h3-10,14,20H,2,11-13H2,1H3,(H,21,22). The number of fused-ring (bicyclic) bond motifs is 1. The van der Waals surface area contributed by atoms with Crippen LogP contribution in [-0.4, -0.2) is 44.3 Å². The van der Waals surface area contributed by atoms with Crippen LogP contribution in [0.15, 0.2) is 58.5 Å². The number of aromatic nitrogens is 2. The molecule has 1 aliphatic rings. The van der Waals surface area contributed by atoms with Crippen molar-refractivity contribution in [2.75, 3.05) is 24.5 Å². The number of sulfone groups is 1. The van der Waals surface area contributed by atoms with Gasteiger partial charge in [-0.15, -0.1) is 0 Å². The first-order valence-electron chi connectivity index (χ1n) is 8.87. The number of hydrogen-bond acceptors (Lipinski definition) is 5. The van der Waals surface area contributed by atoms with E-state index >= 15 is 0 Å². The Bertz CT molecular complexity index is 1010. The van der Waals surface area contributed by atoms with Gasteiger partial charge in [0.15, 0.2) is 5.03 Å². The highest BCUT2D eigenvalue weighted by molar-refractivity contribution is 7.91. The third-order valence-corrected chi connectivity index (χ3v) is 6.70. The number of anilines is 1. The van der Waals surface area contributed by atoms with Gasteiger partial charge >= 0.3 is 0 Å². The molecular formula is C19H22N4O2S. The zero-order valence-electron chi connectivity index (χ0n) is 14.6. The third-order valence-electron chi connectivity index (χ3n) is 4.99. The van der Waals surface area contributed by atoms with Crippen LogP contribution in [0.25, 0.3) is 10.9 Å². The Morgan fingerprint density at radius 2 is 1.92 bits per heavy atom. The molecule has 7 heteroatoms. The number of benzene rings is 2. The monoisotopic (exact) mass is 370 g/mol. The van der Waals surface area contributed by atoms with Crippen molar-refractivity contribution < 1.29 is 8.42 Å². The lowest BCUT2D eigenvalue weighted by atomic mass is 10.1. The molecule has 0 saturated carbocycles. The maximum absolute atomic E-state index is 13.0. The fourth-order valence-corrected chi connectivity index (χ4v) is 4.89. The van der Waals surface area contributed by atoms with Crippen molar-refractivity contribution in [3.05, 3.63) is 48.5 Å². The first kappa shape index (κ1) is 17.1. The van der Waals surface area contributed by atoms with Crippen molar-refractivity contribution in [1.82, 2.24) is 15.5 Å². The van der Waals surface area contributed by atoms with Gasteiger partial charge in [0.05, 0.1) is 10.4 Å². The number of nitrogens with zero attached hydrogens (tertiary/aromatic N) is 2. The van der Waals surface area contributed by atoms with E-state index in [2.05, 4.69) is 27.3 Å². The summed E-state index contributed by atoms with van der Waals surface area (Å²) in [5.74, 6) is 0. The Kier molecular flexibility index (Phi) is 4.42. The number of aromatic amines is 1. The molecule has 0 bridgehead atoms. The smallest absolute Gasteiger partial charge is 0.226 e. The molecule has 1 unspecified atom stereocenters. The Morgan fingerprint density at radius 3 is 2.69 bits per heavy atom. The molecule has 6 nitrogen and oxygen atoms in total. The van der Waals surface area contributed by atoms with Gasteiger partial charge in [-0.25, -0.2) is 8.42 Å². The Morgan fingerprint density at radius 1 is 1.15 bits per heavy atom. The van der Waals surface area contributed by atoms with Crippen molar-refractivity contribution in [3.8, 4) is 0 Å². The highest BCUT2D eigenvalue weighted by Gasteiger charge is 2.25. The van der Waals surface area contributed by atoms with Gasteiger partial charge in [0.25, 0.3) is 0 Å². The van der Waals surface area contributed by atoms with E-state index in [1.54, 1.807) is 18.2 Å². The second-order valence-corrected chi connectivity index (χ2v) is 8.40. The first-order chi connectivity index (χ1) is 12.6. The summed E-state index contributed by atoms with van der Waals surface area (Å²) >= 11 is 0. The number of piperazine rings is 1. The van der Waals surface area contributed by atoms with Crippen molar-refractivity contribution in [1.29, 1.82) is 0 Å². The van der Waals surface area contributed by atoms with Crippen LogP contribution in [0.2, 0.25) is 0 Å². The quantitative estimate of drug-likeness (QED) is 0.738. The number of nitrogens with one attached hydrogen (secondary N) is 2. The van der Waals surface area contributed by atoms with E-state index in [4.69, 9.17) is 0 Å². The lowest BCUT2D eigenvalue weighted by Gasteiger charge is -2.37. The van der Waals surface area contributed by atoms with E-state index < -0.39 is 9.84 Å². The summed E-state index contributed by atoms with van der Waals surface area (Å²) in [4.78, 5) is 2.61. The van der Waals surface area contributed by atoms with Gasteiger partial charge in [-0.1, -0.05) is 19.1 Å². The summed E-state index contributed by atoms with van der Waals surface area (Å²) in [6.45, 7) is 4.99. The summed E-state index contributed by atoms with van der Waals surface area (Å²) in [6, 6.07) is 14.9. The molecule has 136 valence electrons. The van der Waals surface area contributed by atoms with Gasteiger partial charge in [0.2, 0.25) is 9.84 Å². The highest BCUT2D eigenvalue weighted by Crippen LogP contribution is 2.28. The molecule has 3 aromatic rings. The molecule has 26 heavy (non-hydrogen) atoms. The second-order valence-electron chi connectivity index (χ2n) is 6.53. The summed E-state index contributed by atoms with van der Waals surface area (Å²) in [5, 5.41) is 10.9. The third kappa shape index (κ3) is 2.87. The first-order valence-corrected chi connectivity index (χ1v) is 10.3. The Labute approximate surface area is 153 Å². The molecule has 4 rings (SSSR count). The van der Waals surface area contributed by atoms with Crippen LogP contribution >= 0.6 is 0 Å². The molecule has 2 aromatic carbocycles. The molecule has 1 atom stereocenters. The van der Waals surface area contributed by atoms with Crippen LogP contribution in [0, 0.1) is 0 Å². The average molecular weight is 370 g/mol. The van der Waals surface area contributed by atoms with Gasteiger partial charge in [-0.3, -0.25) is 5.10 Å². The molecule has 2 heterocycles. The minimum Gasteiger partial charge on any atom is -0.366 e. The van der Waals surface area contributed by atoms with Crippen LogP contribution in [0.5, 0.6) is 0 Å². The van der Waals surface area contributed by atoms with E-state index in [0.29, 0.717) is 16.9 Å². The summed E-state index contributed by atoms with van der Waals surface area (Å²) in [5.41, 5.74) is 1.78. The molecule has 0 radical (unpaired) electrons. The normalized spacial score (nSPS) is 18.3. The predicted octanol–water partition coefficient (Wildman–Crippen LogP) is 2.58. The summed E-state index contributed by atoms with van der Waals surface area (Å²) in [6.07, 6.45) is 1.05. The lowest BCUT2D eigenvalue weighted by Crippen LogP contribution is -2.51. The molecule has 0 aliphatic carbocycles. The molecule has 0 spiro atoms. The Balaban J connectivity index is 1.68. The maximum atomic E-state index is 13.0. The SMILES string of the molecule is CCC1CNCCN1c1ccc(S(=O)(=O)c2n[nH]c3ccccc23)cc1. The average Bonchev–Trinajstić information content (AvgIpc) is 3.13. The number of hydrogen-bond donors (Lipinski definition) is 2.